The molecule has 2 aliphatic rings. The molecule has 1 heterocycles. The maximum absolute atomic E-state index is 12.4. The van der Waals surface area contributed by atoms with Gasteiger partial charge in [-0.05, 0) is 49.7 Å². The number of carbonyl (C=O) groups is 6. The van der Waals surface area contributed by atoms with Crippen LogP contribution in [0.1, 0.15) is 58.4 Å². The molecule has 0 aromatic heterocycles. The summed E-state index contributed by atoms with van der Waals surface area (Å²) >= 11 is 0. The van der Waals surface area contributed by atoms with Gasteiger partial charge in [0.2, 0.25) is 11.8 Å². The molecule has 1 aromatic rings. The van der Waals surface area contributed by atoms with Gasteiger partial charge in [0.05, 0.1) is 0 Å². The lowest BCUT2D eigenvalue weighted by molar-refractivity contribution is -0.137. The third kappa shape index (κ3) is 6.69. The number of carbonyl (C=O) groups excluding carboxylic acids is 6. The average molecular weight is 468 g/mol. The highest BCUT2D eigenvalue weighted by Crippen LogP contribution is 2.28. The van der Waals surface area contributed by atoms with E-state index in [0.717, 1.165) is 36.1 Å². The van der Waals surface area contributed by atoms with Crippen LogP contribution in [-0.2, 0) is 25.6 Å². The minimum atomic E-state index is -0.358. The first-order valence-electron chi connectivity index (χ1n) is 11.5. The third-order valence-corrected chi connectivity index (χ3v) is 6.39. The van der Waals surface area contributed by atoms with Gasteiger partial charge in [0, 0.05) is 55.3 Å². The van der Waals surface area contributed by atoms with Gasteiger partial charge in [0.15, 0.2) is 12.6 Å². The molecule has 3 rings (SSSR count). The van der Waals surface area contributed by atoms with Gasteiger partial charge in [-0.25, -0.2) is 0 Å². The Balaban J connectivity index is 1.31. The van der Waals surface area contributed by atoms with Crippen molar-refractivity contribution in [1.82, 2.24) is 15.5 Å². The summed E-state index contributed by atoms with van der Waals surface area (Å²) in [6, 6.07) is 4.96. The van der Waals surface area contributed by atoms with Gasteiger partial charge in [-0.3, -0.25) is 33.7 Å². The summed E-state index contributed by atoms with van der Waals surface area (Å²) in [4.78, 5) is 70.7. The molecule has 1 aliphatic carbocycles. The zero-order chi connectivity index (χ0) is 24.5. The first kappa shape index (κ1) is 25.0. The molecule has 180 valence electrons. The standard InChI is InChI=1S/C25H29N3O6/c29-15-20-7-1-17(13-21(20)16-30)4-8-22(31)27-14-18-2-5-19(6-3-18)25(34)26-11-12-28-23(32)9-10-24(28)33/h1,7,9-10,13,15-16,18-19H,2-6,8,11-12,14H2,(H,26,34)(H,27,31). The maximum atomic E-state index is 12.4. The van der Waals surface area contributed by atoms with Crippen molar-refractivity contribution in [3.05, 3.63) is 47.0 Å². The first-order valence-corrected chi connectivity index (χ1v) is 11.5. The third-order valence-electron chi connectivity index (χ3n) is 6.39. The van der Waals surface area contributed by atoms with E-state index in [1.807, 2.05) is 0 Å². The fraction of sp³-hybridized carbons (Fsp3) is 0.440. The van der Waals surface area contributed by atoms with Gasteiger partial charge >= 0.3 is 0 Å². The molecular weight excluding hydrogens is 438 g/mol. The van der Waals surface area contributed by atoms with Gasteiger partial charge in [-0.2, -0.15) is 0 Å². The molecule has 9 nitrogen and oxygen atoms in total. The summed E-state index contributed by atoms with van der Waals surface area (Å²) in [6.07, 6.45) is 7.60. The molecule has 0 saturated heterocycles. The van der Waals surface area contributed by atoms with Crippen LogP contribution >= 0.6 is 0 Å². The van der Waals surface area contributed by atoms with Crippen LogP contribution in [0.2, 0.25) is 0 Å². The number of imide groups is 1. The van der Waals surface area contributed by atoms with Crippen molar-refractivity contribution in [3.8, 4) is 0 Å². The Morgan fingerprint density at radius 3 is 2.26 bits per heavy atom. The highest BCUT2D eigenvalue weighted by Gasteiger charge is 2.27. The molecule has 0 bridgehead atoms. The van der Waals surface area contributed by atoms with E-state index in [0.29, 0.717) is 42.6 Å². The largest absolute Gasteiger partial charge is 0.356 e. The predicted molar refractivity (Wildman–Crippen MR) is 123 cm³/mol. The van der Waals surface area contributed by atoms with Crippen molar-refractivity contribution in [1.29, 1.82) is 0 Å². The number of hydrogen-bond donors (Lipinski definition) is 2. The van der Waals surface area contributed by atoms with E-state index in [-0.39, 0.29) is 49.1 Å². The Hall–Kier alpha value is -3.62. The molecule has 0 atom stereocenters. The van der Waals surface area contributed by atoms with Crippen molar-refractivity contribution in [3.63, 3.8) is 0 Å². The van der Waals surface area contributed by atoms with E-state index in [2.05, 4.69) is 10.6 Å². The summed E-state index contributed by atoms with van der Waals surface area (Å²) in [5.41, 5.74) is 1.48. The van der Waals surface area contributed by atoms with Gasteiger partial charge in [-0.15, -0.1) is 0 Å². The van der Waals surface area contributed by atoms with Gasteiger partial charge in [0.1, 0.15) is 0 Å². The van der Waals surface area contributed by atoms with Crippen LogP contribution in [0.15, 0.2) is 30.4 Å². The smallest absolute Gasteiger partial charge is 0.253 e. The van der Waals surface area contributed by atoms with Crippen molar-refractivity contribution in [2.24, 2.45) is 11.8 Å². The fourth-order valence-corrected chi connectivity index (χ4v) is 4.31. The van der Waals surface area contributed by atoms with Crippen LogP contribution in [0.3, 0.4) is 0 Å². The second-order valence-corrected chi connectivity index (χ2v) is 8.67. The highest BCUT2D eigenvalue weighted by atomic mass is 16.2. The lowest BCUT2D eigenvalue weighted by Crippen LogP contribution is -2.41. The van der Waals surface area contributed by atoms with E-state index < -0.39 is 0 Å². The Morgan fingerprint density at radius 1 is 0.941 bits per heavy atom. The normalized spacial score (nSPS) is 19.7. The minimum absolute atomic E-state index is 0.0650. The van der Waals surface area contributed by atoms with Crippen LogP contribution in [0.4, 0.5) is 0 Å². The molecule has 0 spiro atoms. The van der Waals surface area contributed by atoms with Crippen molar-refractivity contribution >= 4 is 36.2 Å². The van der Waals surface area contributed by atoms with E-state index in [4.69, 9.17) is 0 Å². The fourth-order valence-electron chi connectivity index (χ4n) is 4.31. The van der Waals surface area contributed by atoms with Crippen molar-refractivity contribution < 1.29 is 28.8 Å². The zero-order valence-electron chi connectivity index (χ0n) is 19.0. The molecule has 9 heteroatoms. The highest BCUT2D eigenvalue weighted by molar-refractivity contribution is 6.12. The van der Waals surface area contributed by atoms with E-state index in [1.54, 1.807) is 18.2 Å². The lowest BCUT2D eigenvalue weighted by atomic mass is 9.81. The second kappa shape index (κ2) is 12.0. The van der Waals surface area contributed by atoms with Crippen LogP contribution in [0, 0.1) is 11.8 Å². The Morgan fingerprint density at radius 2 is 1.62 bits per heavy atom. The zero-order valence-corrected chi connectivity index (χ0v) is 19.0. The van der Waals surface area contributed by atoms with Crippen LogP contribution in [0.5, 0.6) is 0 Å². The summed E-state index contributed by atoms with van der Waals surface area (Å²) in [7, 11) is 0. The van der Waals surface area contributed by atoms with Crippen LogP contribution in [0.25, 0.3) is 0 Å². The number of aldehydes is 2. The number of hydrogen-bond acceptors (Lipinski definition) is 6. The summed E-state index contributed by atoms with van der Waals surface area (Å²) in [5, 5.41) is 5.76. The van der Waals surface area contributed by atoms with Crippen molar-refractivity contribution in [2.75, 3.05) is 19.6 Å². The number of rotatable bonds is 11. The molecule has 4 amide bonds. The molecule has 34 heavy (non-hydrogen) atoms. The van der Waals surface area contributed by atoms with Gasteiger partial charge < -0.3 is 10.6 Å². The number of nitrogens with zero attached hydrogens (tertiary/aromatic N) is 1. The van der Waals surface area contributed by atoms with E-state index in [9.17, 15) is 28.8 Å². The van der Waals surface area contributed by atoms with Crippen LogP contribution < -0.4 is 10.6 Å². The quantitative estimate of drug-likeness (QED) is 0.372. The van der Waals surface area contributed by atoms with Gasteiger partial charge in [0.25, 0.3) is 11.8 Å². The van der Waals surface area contributed by atoms with Gasteiger partial charge in [-0.1, -0.05) is 12.1 Å². The summed E-state index contributed by atoms with van der Waals surface area (Å²) in [6.45, 7) is 0.957. The minimum Gasteiger partial charge on any atom is -0.356 e. The lowest BCUT2D eigenvalue weighted by Gasteiger charge is -2.28. The topological polar surface area (TPSA) is 130 Å². The molecule has 0 unspecified atom stereocenters. The molecular formula is C25H29N3O6. The predicted octanol–water partition coefficient (Wildman–Crippen LogP) is 1.21. The molecule has 1 saturated carbocycles. The molecule has 1 fully saturated rings. The molecule has 1 aromatic carbocycles. The van der Waals surface area contributed by atoms with E-state index in [1.165, 1.54) is 12.2 Å². The Labute approximate surface area is 197 Å². The first-order chi connectivity index (χ1) is 16.4. The monoisotopic (exact) mass is 467 g/mol. The van der Waals surface area contributed by atoms with E-state index >= 15 is 0 Å². The molecule has 1 aliphatic heterocycles. The summed E-state index contributed by atoms with van der Waals surface area (Å²) in [5.74, 6) is -0.646. The second-order valence-electron chi connectivity index (χ2n) is 8.67. The van der Waals surface area contributed by atoms with Crippen molar-refractivity contribution in [2.45, 2.75) is 38.5 Å². The Bertz CT molecular complexity index is 976. The summed E-state index contributed by atoms with van der Waals surface area (Å²) < 4.78 is 0. The SMILES string of the molecule is O=Cc1ccc(CCC(=O)NCC2CCC(C(=O)NCCN3C(=O)C=CC3=O)CC2)cc1C=O. The maximum Gasteiger partial charge on any atom is 0.253 e. The number of benzene rings is 1. The number of amides is 4. The number of nitrogens with one attached hydrogen (secondary N) is 2. The van der Waals surface area contributed by atoms with Crippen LogP contribution in [-0.4, -0.2) is 60.7 Å². The average Bonchev–Trinajstić information content (AvgIpc) is 3.18. The number of aryl methyl sites for hydroxylation is 1. The molecule has 2 N–H and O–H groups in total. The molecule has 0 radical (unpaired) electrons. The Kier molecular flexibility index (Phi) is 8.84.